The molecule has 1 heterocycles. The maximum absolute atomic E-state index is 11.5. The van der Waals surface area contributed by atoms with Crippen LogP contribution in [0.15, 0.2) is 29.4 Å². The Labute approximate surface area is 106 Å². The fourth-order valence-electron chi connectivity index (χ4n) is 2.13. The van der Waals surface area contributed by atoms with Gasteiger partial charge < -0.3 is 9.84 Å². The van der Waals surface area contributed by atoms with E-state index < -0.39 is 5.72 Å². The molecule has 0 radical (unpaired) electrons. The van der Waals surface area contributed by atoms with Crippen molar-refractivity contribution in [3.63, 3.8) is 0 Å². The largest absolute Gasteiger partial charge is 0.497 e. The molecule has 1 amide bonds. The molecule has 0 aromatic heterocycles. The third-order valence-corrected chi connectivity index (χ3v) is 2.97. The summed E-state index contributed by atoms with van der Waals surface area (Å²) in [4.78, 5) is 11.5. The number of rotatable bonds is 2. The maximum Gasteiger partial charge on any atom is 0.242 e. The molecule has 96 valence electrons. The number of carbonyl (C=O) groups is 1. The molecule has 0 saturated carbocycles. The molecule has 2 rings (SSSR count). The second kappa shape index (κ2) is 4.42. The number of hydrogen-bond acceptors (Lipinski definition) is 4. The van der Waals surface area contributed by atoms with E-state index in [0.29, 0.717) is 17.7 Å². The van der Waals surface area contributed by atoms with Crippen molar-refractivity contribution in [3.8, 4) is 5.75 Å². The van der Waals surface area contributed by atoms with Crippen LogP contribution in [0.25, 0.3) is 0 Å². The van der Waals surface area contributed by atoms with E-state index in [1.807, 2.05) is 0 Å². The lowest BCUT2D eigenvalue weighted by molar-refractivity contribution is -0.155. The predicted octanol–water partition coefficient (Wildman–Crippen LogP) is 1.47. The number of hydrogen-bond donors (Lipinski definition) is 1. The van der Waals surface area contributed by atoms with Gasteiger partial charge in [-0.25, -0.2) is 0 Å². The Morgan fingerprint density at radius 2 is 2.06 bits per heavy atom. The van der Waals surface area contributed by atoms with E-state index in [0.717, 1.165) is 10.7 Å². The molecule has 1 atom stereocenters. The highest BCUT2D eigenvalue weighted by atomic mass is 16.5. The number of amides is 1. The number of ether oxygens (including phenoxy) is 1. The summed E-state index contributed by atoms with van der Waals surface area (Å²) in [6, 6.07) is 6.98. The number of carbonyl (C=O) groups excluding carboxylic acids is 1. The van der Waals surface area contributed by atoms with Crippen LogP contribution in [0.1, 0.15) is 25.8 Å². The van der Waals surface area contributed by atoms with Crippen LogP contribution in [-0.4, -0.2) is 28.8 Å². The van der Waals surface area contributed by atoms with Crippen LogP contribution >= 0.6 is 0 Å². The lowest BCUT2D eigenvalue weighted by atomic mass is 9.97. The SMILES string of the molecule is COc1ccc(C2(O)CC(C)=NN2C(C)=O)cc1. The summed E-state index contributed by atoms with van der Waals surface area (Å²) >= 11 is 0. The normalized spacial score (nSPS) is 22.9. The van der Waals surface area contributed by atoms with Crippen molar-refractivity contribution in [1.82, 2.24) is 5.01 Å². The fourth-order valence-corrected chi connectivity index (χ4v) is 2.13. The molecule has 5 heteroatoms. The molecule has 0 aliphatic carbocycles. The van der Waals surface area contributed by atoms with Crippen LogP contribution < -0.4 is 4.74 Å². The molecular formula is C13H16N2O3. The zero-order chi connectivity index (χ0) is 13.3. The fraction of sp³-hybridized carbons (Fsp3) is 0.385. The molecule has 18 heavy (non-hydrogen) atoms. The first-order valence-electron chi connectivity index (χ1n) is 5.69. The van der Waals surface area contributed by atoms with Crippen molar-refractivity contribution in [1.29, 1.82) is 0 Å². The Morgan fingerprint density at radius 3 is 2.56 bits per heavy atom. The van der Waals surface area contributed by atoms with Crippen molar-refractivity contribution in [2.24, 2.45) is 5.10 Å². The van der Waals surface area contributed by atoms with Gasteiger partial charge in [0, 0.05) is 24.6 Å². The summed E-state index contributed by atoms with van der Waals surface area (Å²) in [5, 5.41) is 15.9. The molecule has 5 nitrogen and oxygen atoms in total. The summed E-state index contributed by atoms with van der Waals surface area (Å²) < 4.78 is 5.07. The summed E-state index contributed by atoms with van der Waals surface area (Å²) in [5.41, 5.74) is -0.0371. The number of aliphatic hydroxyl groups is 1. The Hall–Kier alpha value is -1.88. The van der Waals surface area contributed by atoms with Gasteiger partial charge in [0.1, 0.15) is 5.75 Å². The molecule has 0 bridgehead atoms. The molecule has 1 unspecified atom stereocenters. The average molecular weight is 248 g/mol. The van der Waals surface area contributed by atoms with Crippen molar-refractivity contribution in [2.45, 2.75) is 26.0 Å². The van der Waals surface area contributed by atoms with Crippen LogP contribution in [0, 0.1) is 0 Å². The van der Waals surface area contributed by atoms with E-state index in [9.17, 15) is 9.90 Å². The van der Waals surface area contributed by atoms with Gasteiger partial charge in [0.05, 0.1) is 7.11 Å². The van der Waals surface area contributed by atoms with Crippen molar-refractivity contribution < 1.29 is 14.6 Å². The minimum Gasteiger partial charge on any atom is -0.497 e. The highest BCUT2D eigenvalue weighted by Crippen LogP contribution is 2.35. The number of methoxy groups -OCH3 is 1. The van der Waals surface area contributed by atoms with Crippen LogP contribution in [0.4, 0.5) is 0 Å². The third kappa shape index (κ3) is 1.97. The van der Waals surface area contributed by atoms with E-state index in [1.54, 1.807) is 38.3 Å². The van der Waals surface area contributed by atoms with Gasteiger partial charge in [0.15, 0.2) is 5.72 Å². The maximum atomic E-state index is 11.5. The first-order chi connectivity index (χ1) is 8.47. The minimum absolute atomic E-state index is 0.287. The van der Waals surface area contributed by atoms with Crippen LogP contribution in [0.3, 0.4) is 0 Å². The van der Waals surface area contributed by atoms with Gasteiger partial charge in [0.25, 0.3) is 0 Å². The predicted molar refractivity (Wildman–Crippen MR) is 67.1 cm³/mol. The van der Waals surface area contributed by atoms with Crippen LogP contribution in [0.5, 0.6) is 5.75 Å². The molecule has 0 spiro atoms. The van der Waals surface area contributed by atoms with Gasteiger partial charge in [0.2, 0.25) is 5.91 Å². The summed E-state index contributed by atoms with van der Waals surface area (Å²) in [5.74, 6) is 0.414. The average Bonchev–Trinajstić information content (AvgIpc) is 2.66. The molecule has 0 saturated heterocycles. The zero-order valence-electron chi connectivity index (χ0n) is 10.7. The lowest BCUT2D eigenvalue weighted by Gasteiger charge is -2.30. The first-order valence-corrected chi connectivity index (χ1v) is 5.69. The highest BCUT2D eigenvalue weighted by Gasteiger charge is 2.43. The molecule has 1 N–H and O–H groups in total. The van der Waals surface area contributed by atoms with Gasteiger partial charge >= 0.3 is 0 Å². The number of nitrogens with zero attached hydrogens (tertiary/aromatic N) is 2. The minimum atomic E-state index is -1.39. The monoisotopic (exact) mass is 248 g/mol. The second-order valence-electron chi connectivity index (χ2n) is 4.39. The van der Waals surface area contributed by atoms with Gasteiger partial charge in [-0.1, -0.05) is 12.1 Å². The Balaban J connectivity index is 2.38. The van der Waals surface area contributed by atoms with E-state index >= 15 is 0 Å². The Morgan fingerprint density at radius 1 is 1.44 bits per heavy atom. The molecule has 0 fully saturated rings. The van der Waals surface area contributed by atoms with E-state index in [1.165, 1.54) is 6.92 Å². The molecule has 1 aromatic rings. The zero-order valence-corrected chi connectivity index (χ0v) is 10.7. The molecule has 1 aliphatic heterocycles. The van der Waals surface area contributed by atoms with Gasteiger partial charge in [-0.2, -0.15) is 10.1 Å². The summed E-state index contributed by atoms with van der Waals surface area (Å²) in [6.07, 6.45) is 0.318. The van der Waals surface area contributed by atoms with Gasteiger partial charge in [-0.05, 0) is 19.1 Å². The van der Waals surface area contributed by atoms with Crippen LogP contribution in [0.2, 0.25) is 0 Å². The van der Waals surface area contributed by atoms with E-state index in [-0.39, 0.29) is 5.91 Å². The van der Waals surface area contributed by atoms with Crippen LogP contribution in [-0.2, 0) is 10.5 Å². The molecular weight excluding hydrogens is 232 g/mol. The number of hydrazone groups is 1. The highest BCUT2D eigenvalue weighted by molar-refractivity contribution is 5.88. The Kier molecular flexibility index (Phi) is 3.09. The summed E-state index contributed by atoms with van der Waals surface area (Å²) in [7, 11) is 1.58. The number of benzene rings is 1. The standard InChI is InChI=1S/C13H16N2O3/c1-9-8-13(17,15(14-9)10(2)16)11-4-6-12(18-3)7-5-11/h4-7,17H,8H2,1-3H3. The lowest BCUT2D eigenvalue weighted by Crippen LogP contribution is -2.42. The second-order valence-corrected chi connectivity index (χ2v) is 4.39. The summed E-state index contributed by atoms with van der Waals surface area (Å²) in [6.45, 7) is 3.17. The van der Waals surface area contributed by atoms with Crippen molar-refractivity contribution >= 4 is 11.6 Å². The third-order valence-electron chi connectivity index (χ3n) is 2.97. The van der Waals surface area contributed by atoms with Gasteiger partial charge in [-0.3, -0.25) is 4.79 Å². The van der Waals surface area contributed by atoms with E-state index in [2.05, 4.69) is 5.10 Å². The molecule has 1 aliphatic rings. The van der Waals surface area contributed by atoms with Gasteiger partial charge in [-0.15, -0.1) is 0 Å². The van der Waals surface area contributed by atoms with Crippen molar-refractivity contribution in [2.75, 3.05) is 7.11 Å². The first kappa shape index (κ1) is 12.6. The quantitative estimate of drug-likeness (QED) is 0.862. The Bertz CT molecular complexity index is 495. The molecule has 1 aromatic carbocycles. The topological polar surface area (TPSA) is 62.1 Å². The van der Waals surface area contributed by atoms with Crippen molar-refractivity contribution in [3.05, 3.63) is 29.8 Å². The smallest absolute Gasteiger partial charge is 0.242 e. The van der Waals surface area contributed by atoms with E-state index in [4.69, 9.17) is 4.74 Å².